The Bertz CT molecular complexity index is 822. The second kappa shape index (κ2) is 5.25. The average Bonchev–Trinajstić information content (AvgIpc) is 2.47. The molecule has 1 aromatic heterocycles. The first-order valence-corrected chi connectivity index (χ1v) is 6.51. The number of fused-ring (bicyclic) bond motifs is 1. The van der Waals surface area contributed by atoms with Crippen LogP contribution < -0.4 is 4.74 Å². The third-order valence-corrected chi connectivity index (χ3v) is 3.25. The summed E-state index contributed by atoms with van der Waals surface area (Å²) in [5.74, 6) is 0.303. The lowest BCUT2D eigenvalue weighted by atomic mass is 10.1. The van der Waals surface area contributed by atoms with Gasteiger partial charge in [0.15, 0.2) is 5.75 Å². The molecule has 4 heteroatoms. The summed E-state index contributed by atoms with van der Waals surface area (Å²) in [6, 6.07) is 14.5. The highest BCUT2D eigenvalue weighted by atomic mass is 16.5. The summed E-state index contributed by atoms with van der Waals surface area (Å²) >= 11 is 0. The molecule has 21 heavy (non-hydrogen) atoms. The van der Waals surface area contributed by atoms with Crippen LogP contribution in [-0.2, 0) is 0 Å². The molecule has 1 N–H and O–H groups in total. The van der Waals surface area contributed by atoms with Crippen LogP contribution in [0.15, 0.2) is 54.7 Å². The molecule has 0 fully saturated rings. The number of pyridine rings is 1. The number of aromatic carboxylic acids is 1. The van der Waals surface area contributed by atoms with Gasteiger partial charge in [0.1, 0.15) is 11.3 Å². The summed E-state index contributed by atoms with van der Waals surface area (Å²) in [6.07, 6.45) is 1.72. The van der Waals surface area contributed by atoms with E-state index in [2.05, 4.69) is 4.98 Å². The molecule has 104 valence electrons. The van der Waals surface area contributed by atoms with Crippen molar-refractivity contribution in [3.63, 3.8) is 0 Å². The lowest BCUT2D eigenvalue weighted by Crippen LogP contribution is -1.99. The number of rotatable bonds is 3. The molecule has 0 amide bonds. The molecule has 3 rings (SSSR count). The van der Waals surface area contributed by atoms with E-state index >= 15 is 0 Å². The molecule has 0 saturated heterocycles. The molecule has 0 aliphatic heterocycles. The van der Waals surface area contributed by atoms with Crippen LogP contribution in [-0.4, -0.2) is 16.1 Å². The number of carboxylic acids is 1. The van der Waals surface area contributed by atoms with E-state index in [1.54, 1.807) is 31.3 Å². The number of aryl methyl sites for hydroxylation is 1. The summed E-state index contributed by atoms with van der Waals surface area (Å²) < 4.78 is 5.85. The van der Waals surface area contributed by atoms with Crippen LogP contribution in [0, 0.1) is 6.92 Å². The first-order valence-electron chi connectivity index (χ1n) is 6.51. The fraction of sp³-hybridized carbons (Fsp3) is 0.0588. The normalized spacial score (nSPS) is 10.5. The van der Waals surface area contributed by atoms with Crippen molar-refractivity contribution < 1.29 is 14.6 Å². The Morgan fingerprint density at radius 1 is 1.14 bits per heavy atom. The van der Waals surface area contributed by atoms with E-state index in [4.69, 9.17) is 9.84 Å². The monoisotopic (exact) mass is 279 g/mol. The lowest BCUT2D eigenvalue weighted by molar-refractivity contribution is 0.0696. The van der Waals surface area contributed by atoms with Gasteiger partial charge >= 0.3 is 5.97 Å². The quantitative estimate of drug-likeness (QED) is 0.786. The smallest absolute Gasteiger partial charge is 0.335 e. The summed E-state index contributed by atoms with van der Waals surface area (Å²) in [6.45, 7) is 1.75. The Balaban J connectivity index is 1.99. The fourth-order valence-electron chi connectivity index (χ4n) is 2.23. The maximum absolute atomic E-state index is 11.0. The zero-order chi connectivity index (χ0) is 14.8. The number of hydrogen-bond donors (Lipinski definition) is 1. The van der Waals surface area contributed by atoms with Gasteiger partial charge in [-0.1, -0.05) is 18.2 Å². The Morgan fingerprint density at radius 3 is 2.71 bits per heavy atom. The number of hydrogen-bond acceptors (Lipinski definition) is 3. The highest BCUT2D eigenvalue weighted by molar-refractivity contribution is 5.89. The van der Waals surface area contributed by atoms with Crippen LogP contribution in [0.5, 0.6) is 11.5 Å². The van der Waals surface area contributed by atoms with Gasteiger partial charge in [-0.3, -0.25) is 4.98 Å². The summed E-state index contributed by atoms with van der Waals surface area (Å²) in [4.78, 5) is 15.3. The highest BCUT2D eigenvalue weighted by Gasteiger charge is 2.09. The van der Waals surface area contributed by atoms with Crippen molar-refractivity contribution in [1.29, 1.82) is 0 Å². The van der Waals surface area contributed by atoms with E-state index in [-0.39, 0.29) is 5.56 Å². The van der Waals surface area contributed by atoms with Gasteiger partial charge in [0, 0.05) is 11.6 Å². The SMILES string of the molecule is Cc1cc(Oc2cccc3cccnc23)ccc1C(=O)O. The topological polar surface area (TPSA) is 59.4 Å². The molecule has 2 aromatic carbocycles. The van der Waals surface area contributed by atoms with Crippen molar-refractivity contribution in [3.05, 3.63) is 65.9 Å². The van der Waals surface area contributed by atoms with Crippen molar-refractivity contribution in [2.75, 3.05) is 0 Å². The molecule has 0 radical (unpaired) electrons. The van der Waals surface area contributed by atoms with E-state index in [1.165, 1.54) is 0 Å². The van der Waals surface area contributed by atoms with Gasteiger partial charge in [-0.2, -0.15) is 0 Å². The Labute approximate surface area is 121 Å². The van der Waals surface area contributed by atoms with E-state index < -0.39 is 5.97 Å². The van der Waals surface area contributed by atoms with E-state index in [9.17, 15) is 4.79 Å². The predicted molar refractivity (Wildman–Crippen MR) is 80.0 cm³/mol. The van der Waals surface area contributed by atoms with Crippen LogP contribution in [0.2, 0.25) is 0 Å². The predicted octanol–water partition coefficient (Wildman–Crippen LogP) is 4.03. The average molecular weight is 279 g/mol. The van der Waals surface area contributed by atoms with Crippen LogP contribution in [0.3, 0.4) is 0 Å². The zero-order valence-electron chi connectivity index (χ0n) is 11.4. The molecule has 4 nitrogen and oxygen atoms in total. The maximum Gasteiger partial charge on any atom is 0.335 e. The Kier molecular flexibility index (Phi) is 3.28. The van der Waals surface area contributed by atoms with Crippen molar-refractivity contribution in [2.24, 2.45) is 0 Å². The lowest BCUT2D eigenvalue weighted by Gasteiger charge is -2.09. The number of carboxylic acid groups (broad SMARTS) is 1. The minimum absolute atomic E-state index is 0.276. The van der Waals surface area contributed by atoms with Crippen molar-refractivity contribution in [3.8, 4) is 11.5 Å². The molecule has 0 bridgehead atoms. The first-order chi connectivity index (χ1) is 10.1. The van der Waals surface area contributed by atoms with Gasteiger partial charge in [0.25, 0.3) is 0 Å². The van der Waals surface area contributed by atoms with Crippen LogP contribution in [0.25, 0.3) is 10.9 Å². The van der Waals surface area contributed by atoms with Crippen molar-refractivity contribution in [1.82, 2.24) is 4.98 Å². The molecule has 0 aliphatic carbocycles. The fourth-order valence-corrected chi connectivity index (χ4v) is 2.23. The van der Waals surface area contributed by atoms with Gasteiger partial charge in [-0.05, 0) is 42.8 Å². The number of aromatic nitrogens is 1. The standard InChI is InChI=1S/C17H13NO3/c1-11-10-13(7-8-14(11)17(19)20)21-15-6-2-4-12-5-3-9-18-16(12)15/h2-10H,1H3,(H,19,20). The number of para-hydroxylation sites is 1. The molecule has 0 unspecified atom stereocenters. The van der Waals surface area contributed by atoms with Crippen LogP contribution >= 0.6 is 0 Å². The van der Waals surface area contributed by atoms with Gasteiger partial charge < -0.3 is 9.84 Å². The molecule has 0 saturated carbocycles. The van der Waals surface area contributed by atoms with E-state index in [0.29, 0.717) is 17.1 Å². The van der Waals surface area contributed by atoms with Crippen molar-refractivity contribution >= 4 is 16.9 Å². The molecule has 3 aromatic rings. The second-order valence-corrected chi connectivity index (χ2v) is 4.72. The van der Waals surface area contributed by atoms with Gasteiger partial charge in [-0.25, -0.2) is 4.79 Å². The third-order valence-electron chi connectivity index (χ3n) is 3.25. The summed E-state index contributed by atoms with van der Waals surface area (Å²) in [5.41, 5.74) is 1.71. The summed E-state index contributed by atoms with van der Waals surface area (Å²) in [5, 5.41) is 10.0. The number of carbonyl (C=O) groups is 1. The van der Waals surface area contributed by atoms with Crippen LogP contribution in [0.1, 0.15) is 15.9 Å². The highest BCUT2D eigenvalue weighted by Crippen LogP contribution is 2.29. The summed E-state index contributed by atoms with van der Waals surface area (Å²) in [7, 11) is 0. The second-order valence-electron chi connectivity index (χ2n) is 4.72. The van der Waals surface area contributed by atoms with Crippen LogP contribution in [0.4, 0.5) is 0 Å². The largest absolute Gasteiger partial charge is 0.478 e. The molecular weight excluding hydrogens is 266 g/mol. The molecular formula is C17H13NO3. The van der Waals surface area contributed by atoms with E-state index in [1.807, 2.05) is 30.3 Å². The minimum Gasteiger partial charge on any atom is -0.478 e. The molecule has 0 spiro atoms. The van der Waals surface area contributed by atoms with Gasteiger partial charge in [0.2, 0.25) is 0 Å². The van der Waals surface area contributed by atoms with E-state index in [0.717, 1.165) is 10.9 Å². The van der Waals surface area contributed by atoms with Crippen molar-refractivity contribution in [2.45, 2.75) is 6.92 Å². The first kappa shape index (κ1) is 13.1. The number of nitrogens with zero attached hydrogens (tertiary/aromatic N) is 1. The molecule has 1 heterocycles. The molecule has 0 aliphatic rings. The number of ether oxygens (including phenoxy) is 1. The Hall–Kier alpha value is -2.88. The maximum atomic E-state index is 11.0. The van der Waals surface area contributed by atoms with Gasteiger partial charge in [0.05, 0.1) is 5.56 Å². The number of benzene rings is 2. The Morgan fingerprint density at radius 2 is 1.95 bits per heavy atom. The minimum atomic E-state index is -0.939. The third kappa shape index (κ3) is 2.56. The van der Waals surface area contributed by atoms with Gasteiger partial charge in [-0.15, -0.1) is 0 Å². The molecule has 0 atom stereocenters. The zero-order valence-corrected chi connectivity index (χ0v) is 11.4.